The normalized spacial score (nSPS) is 16.5. The summed E-state index contributed by atoms with van der Waals surface area (Å²) in [4.78, 5) is 13.1. The highest BCUT2D eigenvalue weighted by molar-refractivity contribution is 6.00. The van der Waals surface area contributed by atoms with Crippen LogP contribution in [-0.4, -0.2) is 29.3 Å². The molecule has 1 fully saturated rings. The van der Waals surface area contributed by atoms with Crippen LogP contribution in [0, 0.1) is 11.6 Å². The van der Waals surface area contributed by atoms with Crippen molar-refractivity contribution in [3.8, 4) is 0 Å². The molecule has 2 heterocycles. The van der Waals surface area contributed by atoms with Gasteiger partial charge >= 0.3 is 0 Å². The van der Waals surface area contributed by atoms with Crippen molar-refractivity contribution in [3.63, 3.8) is 0 Å². The average molecular weight is 357 g/mol. The molecule has 1 aromatic heterocycles. The molecule has 0 saturated carbocycles. The number of carbonyl (C=O) groups excluding carboxylic acids is 1. The topological polar surface area (TPSA) is 67.0 Å². The number of aromatic nitrogens is 2. The maximum Gasteiger partial charge on any atom is 0.235 e. The Morgan fingerprint density at radius 1 is 1.15 bits per heavy atom. The first-order valence-electron chi connectivity index (χ1n) is 8.36. The number of hydrogen-bond donors (Lipinski definition) is 2. The molecule has 134 valence electrons. The Morgan fingerprint density at radius 3 is 2.73 bits per heavy atom. The maximum absolute atomic E-state index is 14.5. The minimum atomic E-state index is -1.10. The number of anilines is 1. The molecule has 1 saturated heterocycles. The van der Waals surface area contributed by atoms with Gasteiger partial charge < -0.3 is 10.1 Å². The minimum Gasteiger partial charge on any atom is -0.381 e. The summed E-state index contributed by atoms with van der Waals surface area (Å²) in [6.07, 6.45) is 2.34. The number of aromatic amines is 1. The van der Waals surface area contributed by atoms with E-state index in [9.17, 15) is 13.6 Å². The highest BCUT2D eigenvalue weighted by Gasteiger charge is 2.43. The van der Waals surface area contributed by atoms with Gasteiger partial charge in [-0.05, 0) is 37.1 Å². The van der Waals surface area contributed by atoms with Gasteiger partial charge in [-0.1, -0.05) is 6.07 Å². The SMILES string of the molecule is O=C(Nc1ccc2cn[nH]c2c1)C1(c2ccc(F)cc2F)CCOCC1. The standard InChI is InChI=1S/C19H17F2N3O2/c20-13-2-4-15(16(21)9-13)19(5-7-26-8-6-19)18(25)23-14-3-1-12-11-22-24-17(12)10-14/h1-4,9-11H,5-8H2,(H,22,24)(H,23,25). The van der Waals surface area contributed by atoms with Gasteiger partial charge in [-0.3, -0.25) is 9.89 Å². The van der Waals surface area contributed by atoms with Crippen molar-refractivity contribution in [2.24, 2.45) is 0 Å². The van der Waals surface area contributed by atoms with Crippen molar-refractivity contribution in [3.05, 3.63) is 59.8 Å². The zero-order valence-electron chi connectivity index (χ0n) is 13.9. The number of amides is 1. The van der Waals surface area contributed by atoms with Crippen molar-refractivity contribution < 1.29 is 18.3 Å². The van der Waals surface area contributed by atoms with Gasteiger partial charge in [0.2, 0.25) is 5.91 Å². The molecule has 1 aliphatic rings. The Labute approximate surface area is 148 Å². The summed E-state index contributed by atoms with van der Waals surface area (Å²) in [5.74, 6) is -1.71. The van der Waals surface area contributed by atoms with E-state index >= 15 is 0 Å². The molecular formula is C19H17F2N3O2. The van der Waals surface area contributed by atoms with Crippen molar-refractivity contribution in [1.82, 2.24) is 10.2 Å². The van der Waals surface area contributed by atoms with Crippen molar-refractivity contribution in [1.29, 1.82) is 0 Å². The van der Waals surface area contributed by atoms with Gasteiger partial charge in [-0.15, -0.1) is 0 Å². The molecule has 3 aromatic rings. The smallest absolute Gasteiger partial charge is 0.235 e. The number of fused-ring (bicyclic) bond motifs is 1. The number of hydrogen-bond acceptors (Lipinski definition) is 3. The molecule has 0 radical (unpaired) electrons. The van der Waals surface area contributed by atoms with E-state index in [4.69, 9.17) is 4.74 Å². The molecule has 2 N–H and O–H groups in total. The average Bonchev–Trinajstić information content (AvgIpc) is 3.10. The van der Waals surface area contributed by atoms with Crippen LogP contribution in [0.2, 0.25) is 0 Å². The lowest BCUT2D eigenvalue weighted by molar-refractivity contribution is -0.125. The van der Waals surface area contributed by atoms with E-state index in [1.54, 1.807) is 18.3 Å². The van der Waals surface area contributed by atoms with Crippen LogP contribution in [0.15, 0.2) is 42.6 Å². The summed E-state index contributed by atoms with van der Waals surface area (Å²) in [7, 11) is 0. The number of ether oxygens (including phenoxy) is 1. The van der Waals surface area contributed by atoms with Crippen LogP contribution in [0.5, 0.6) is 0 Å². The summed E-state index contributed by atoms with van der Waals surface area (Å²) in [6, 6.07) is 8.73. The van der Waals surface area contributed by atoms with Gasteiger partial charge in [-0.25, -0.2) is 8.78 Å². The Hall–Kier alpha value is -2.80. The predicted octanol–water partition coefficient (Wildman–Crippen LogP) is 3.53. The Bertz CT molecular complexity index is 964. The van der Waals surface area contributed by atoms with E-state index in [1.807, 2.05) is 6.07 Å². The molecule has 7 heteroatoms. The lowest BCUT2D eigenvalue weighted by Crippen LogP contribution is -2.45. The van der Waals surface area contributed by atoms with Crippen LogP contribution in [0.25, 0.3) is 10.9 Å². The summed E-state index contributed by atoms with van der Waals surface area (Å²) in [5.41, 5.74) is 0.471. The molecule has 5 nitrogen and oxygen atoms in total. The molecule has 1 aliphatic heterocycles. The molecule has 4 rings (SSSR count). The van der Waals surface area contributed by atoms with Crippen LogP contribution in [0.4, 0.5) is 14.5 Å². The zero-order valence-corrected chi connectivity index (χ0v) is 13.9. The molecule has 0 atom stereocenters. The Kier molecular flexibility index (Phi) is 4.16. The quantitative estimate of drug-likeness (QED) is 0.754. The van der Waals surface area contributed by atoms with Crippen molar-refractivity contribution in [2.45, 2.75) is 18.3 Å². The zero-order chi connectivity index (χ0) is 18.1. The molecular weight excluding hydrogens is 340 g/mol. The molecule has 0 unspecified atom stereocenters. The molecule has 0 aliphatic carbocycles. The van der Waals surface area contributed by atoms with E-state index in [2.05, 4.69) is 15.5 Å². The van der Waals surface area contributed by atoms with Gasteiger partial charge in [0.25, 0.3) is 0 Å². The highest BCUT2D eigenvalue weighted by atomic mass is 19.1. The highest BCUT2D eigenvalue weighted by Crippen LogP contribution is 2.38. The minimum absolute atomic E-state index is 0.197. The number of carbonyl (C=O) groups is 1. The lowest BCUT2D eigenvalue weighted by Gasteiger charge is -2.36. The Balaban J connectivity index is 1.70. The molecule has 26 heavy (non-hydrogen) atoms. The fourth-order valence-corrected chi connectivity index (χ4v) is 3.48. The molecule has 0 bridgehead atoms. The number of H-pyrrole nitrogens is 1. The first-order valence-corrected chi connectivity index (χ1v) is 8.36. The van der Waals surface area contributed by atoms with Crippen LogP contribution in [0.3, 0.4) is 0 Å². The van der Waals surface area contributed by atoms with E-state index in [0.29, 0.717) is 31.7 Å². The van der Waals surface area contributed by atoms with E-state index in [0.717, 1.165) is 17.0 Å². The number of nitrogens with one attached hydrogen (secondary N) is 2. The first-order chi connectivity index (χ1) is 12.6. The van der Waals surface area contributed by atoms with Crippen molar-refractivity contribution >= 4 is 22.5 Å². The third-order valence-electron chi connectivity index (χ3n) is 4.93. The van der Waals surface area contributed by atoms with Crippen LogP contribution >= 0.6 is 0 Å². The van der Waals surface area contributed by atoms with Crippen LogP contribution in [-0.2, 0) is 14.9 Å². The lowest BCUT2D eigenvalue weighted by atomic mass is 9.73. The number of benzene rings is 2. The summed E-state index contributed by atoms with van der Waals surface area (Å²) < 4.78 is 33.2. The second-order valence-corrected chi connectivity index (χ2v) is 6.44. The predicted molar refractivity (Wildman–Crippen MR) is 92.8 cm³/mol. The number of halogens is 2. The second kappa shape index (κ2) is 6.49. The monoisotopic (exact) mass is 357 g/mol. The third-order valence-corrected chi connectivity index (χ3v) is 4.93. The van der Waals surface area contributed by atoms with E-state index in [-0.39, 0.29) is 11.5 Å². The van der Waals surface area contributed by atoms with Gasteiger partial charge in [-0.2, -0.15) is 5.10 Å². The fraction of sp³-hybridized carbons (Fsp3) is 0.263. The van der Waals surface area contributed by atoms with Gasteiger partial charge in [0.05, 0.1) is 17.1 Å². The van der Waals surface area contributed by atoms with Crippen LogP contribution < -0.4 is 5.32 Å². The second-order valence-electron chi connectivity index (χ2n) is 6.44. The fourth-order valence-electron chi connectivity index (χ4n) is 3.48. The number of nitrogens with zero attached hydrogens (tertiary/aromatic N) is 1. The molecule has 2 aromatic carbocycles. The molecule has 0 spiro atoms. The Morgan fingerprint density at radius 2 is 1.96 bits per heavy atom. The third kappa shape index (κ3) is 2.84. The van der Waals surface area contributed by atoms with Gasteiger partial charge in [0.1, 0.15) is 11.6 Å². The van der Waals surface area contributed by atoms with Crippen LogP contribution in [0.1, 0.15) is 18.4 Å². The summed E-state index contributed by atoms with van der Waals surface area (Å²) in [5, 5.41) is 10.6. The molecule has 1 amide bonds. The summed E-state index contributed by atoms with van der Waals surface area (Å²) >= 11 is 0. The van der Waals surface area contributed by atoms with Gasteiger partial charge in [0.15, 0.2) is 0 Å². The van der Waals surface area contributed by atoms with E-state index < -0.39 is 17.0 Å². The van der Waals surface area contributed by atoms with Crippen molar-refractivity contribution in [2.75, 3.05) is 18.5 Å². The van der Waals surface area contributed by atoms with Gasteiger partial charge in [0, 0.05) is 35.9 Å². The van der Waals surface area contributed by atoms with E-state index in [1.165, 1.54) is 12.1 Å². The largest absolute Gasteiger partial charge is 0.381 e. The first kappa shape index (κ1) is 16.7. The number of rotatable bonds is 3. The maximum atomic E-state index is 14.5. The summed E-state index contributed by atoms with van der Waals surface area (Å²) in [6.45, 7) is 0.674.